The number of halogens is 3. The number of amides is 2. The van der Waals surface area contributed by atoms with Crippen LogP contribution in [0, 0.1) is 0 Å². The molecule has 2 heterocycles. The minimum Gasteiger partial charge on any atom is -0.406 e. The Bertz CT molecular complexity index is 1020. The van der Waals surface area contributed by atoms with E-state index in [0.717, 1.165) is 5.69 Å². The van der Waals surface area contributed by atoms with Gasteiger partial charge in [0.2, 0.25) is 5.91 Å². The van der Waals surface area contributed by atoms with Crippen molar-refractivity contribution in [3.63, 3.8) is 0 Å². The number of aromatic nitrogens is 1. The summed E-state index contributed by atoms with van der Waals surface area (Å²) < 4.78 is 43.0. The topological polar surface area (TPSA) is 72.7 Å². The zero-order valence-electron chi connectivity index (χ0n) is 16.5. The van der Waals surface area contributed by atoms with Crippen LogP contribution in [0.2, 0.25) is 0 Å². The molecule has 0 radical (unpaired) electrons. The van der Waals surface area contributed by atoms with Gasteiger partial charge in [-0.05, 0) is 48.1 Å². The number of nitrogens with one attached hydrogen (secondary N) is 1. The lowest BCUT2D eigenvalue weighted by atomic mass is 10.1. The number of ether oxygens (including phenoxy) is 1. The lowest BCUT2D eigenvalue weighted by Gasteiger charge is -2.12. The second kappa shape index (κ2) is 10.2. The fourth-order valence-corrected chi connectivity index (χ4v) is 4.65. The minimum absolute atomic E-state index is 0.137. The highest BCUT2D eigenvalue weighted by Crippen LogP contribution is 2.28. The van der Waals surface area contributed by atoms with Crippen LogP contribution < -0.4 is 14.9 Å². The third-order valence-electron chi connectivity index (χ3n) is 4.28. The summed E-state index contributed by atoms with van der Waals surface area (Å²) in [5.74, 6) is -0.677. The van der Waals surface area contributed by atoms with Crippen LogP contribution in [0.25, 0.3) is 11.3 Å². The van der Waals surface area contributed by atoms with Crippen molar-refractivity contribution in [1.82, 2.24) is 9.88 Å². The second-order valence-electron chi connectivity index (χ2n) is 6.65. The first-order valence-electron chi connectivity index (χ1n) is 9.41. The van der Waals surface area contributed by atoms with Crippen molar-refractivity contribution >= 4 is 34.9 Å². The van der Waals surface area contributed by atoms with Crippen molar-refractivity contribution < 1.29 is 27.5 Å². The monoisotopic (exact) mass is 471 g/mol. The Kier molecular flexibility index (Phi) is 7.60. The van der Waals surface area contributed by atoms with Crippen LogP contribution >= 0.6 is 23.1 Å². The zero-order chi connectivity index (χ0) is 22.4. The van der Waals surface area contributed by atoms with Crippen LogP contribution in [0.1, 0.15) is 19.8 Å². The van der Waals surface area contributed by atoms with Gasteiger partial charge in [-0.3, -0.25) is 9.59 Å². The number of nitrogens with zero attached hydrogens (tertiary/aromatic N) is 2. The fourth-order valence-electron chi connectivity index (χ4n) is 2.90. The highest BCUT2D eigenvalue weighted by atomic mass is 32.2. The Morgan fingerprint density at radius 3 is 2.65 bits per heavy atom. The molecule has 1 aromatic carbocycles. The summed E-state index contributed by atoms with van der Waals surface area (Å²) in [4.78, 5) is 28.4. The zero-order valence-corrected chi connectivity index (χ0v) is 18.1. The number of hydrogen-bond acceptors (Lipinski definition) is 5. The first-order valence-corrected chi connectivity index (χ1v) is 11.2. The van der Waals surface area contributed by atoms with Crippen LogP contribution in [-0.4, -0.2) is 34.5 Å². The lowest BCUT2D eigenvalue weighted by Crippen LogP contribution is -2.25. The van der Waals surface area contributed by atoms with Gasteiger partial charge in [-0.15, -0.1) is 36.3 Å². The van der Waals surface area contributed by atoms with Crippen molar-refractivity contribution in [2.24, 2.45) is 4.99 Å². The largest absolute Gasteiger partial charge is 0.573 e. The highest BCUT2D eigenvalue weighted by Gasteiger charge is 2.31. The molecule has 0 aliphatic carbocycles. The summed E-state index contributed by atoms with van der Waals surface area (Å²) in [6.45, 7) is 2.36. The maximum absolute atomic E-state index is 12.5. The molecule has 11 heteroatoms. The number of hydrogen-bond donors (Lipinski definition) is 1. The van der Waals surface area contributed by atoms with Gasteiger partial charge in [0.25, 0.3) is 5.91 Å². The summed E-state index contributed by atoms with van der Waals surface area (Å²) in [7, 11) is 0. The number of thiazole rings is 1. The molecular formula is C20H20F3N3O3S2. The Morgan fingerprint density at radius 1 is 1.29 bits per heavy atom. The van der Waals surface area contributed by atoms with Gasteiger partial charge in [0, 0.05) is 25.4 Å². The quantitative estimate of drug-likeness (QED) is 0.618. The van der Waals surface area contributed by atoms with Crippen LogP contribution in [0.15, 0.2) is 46.1 Å². The summed E-state index contributed by atoms with van der Waals surface area (Å²) in [5, 5.41) is 6.17. The molecule has 1 aromatic heterocycles. The second-order valence-corrected chi connectivity index (χ2v) is 8.60. The number of benzene rings is 1. The standard InChI is InChI=1S/C20H20F3N3O3S2/c1-13(27)24-9-3-10-26-16(14-5-7-15(8-6-14)29-20(21,22)23)12-31-19(26)25-18(28)17-4-2-11-30-17/h2,5-8,11-12,17H,3-4,9-10H2,1H3,(H,24,27)/b25-19-. The van der Waals surface area contributed by atoms with Crippen LogP contribution in [0.4, 0.5) is 13.2 Å². The Labute approximate surface area is 184 Å². The first kappa shape index (κ1) is 23.1. The van der Waals surface area contributed by atoms with E-state index in [1.54, 1.807) is 0 Å². The molecule has 0 fully saturated rings. The average molecular weight is 472 g/mol. The predicted octanol–water partition coefficient (Wildman–Crippen LogP) is 4.09. The van der Waals surface area contributed by atoms with Gasteiger partial charge in [-0.2, -0.15) is 4.99 Å². The molecule has 0 saturated carbocycles. The van der Waals surface area contributed by atoms with Crippen molar-refractivity contribution in [2.45, 2.75) is 37.9 Å². The normalized spacial score (nSPS) is 16.5. The maximum Gasteiger partial charge on any atom is 0.573 e. The molecule has 0 bridgehead atoms. The SMILES string of the molecule is CC(=O)NCCCn1c(-c2ccc(OC(F)(F)F)cc2)cs/c1=N\C(=O)C1CC=CS1. The third kappa shape index (κ3) is 6.73. The van der Waals surface area contributed by atoms with E-state index in [2.05, 4.69) is 15.0 Å². The van der Waals surface area contributed by atoms with E-state index in [0.29, 0.717) is 36.3 Å². The van der Waals surface area contributed by atoms with Crippen molar-refractivity contribution in [1.29, 1.82) is 0 Å². The van der Waals surface area contributed by atoms with Crippen molar-refractivity contribution in [3.05, 3.63) is 45.9 Å². The van der Waals surface area contributed by atoms with Gasteiger partial charge >= 0.3 is 6.36 Å². The number of alkyl halides is 3. The molecule has 1 aliphatic heterocycles. The number of carbonyl (C=O) groups excluding carboxylic acids is 2. The third-order valence-corrected chi connectivity index (χ3v) is 6.22. The number of allylic oxidation sites excluding steroid dienone is 1. The maximum atomic E-state index is 12.5. The Morgan fingerprint density at radius 2 is 2.03 bits per heavy atom. The minimum atomic E-state index is -4.76. The fraction of sp³-hybridized carbons (Fsp3) is 0.350. The molecule has 1 N–H and O–H groups in total. The van der Waals surface area contributed by atoms with E-state index in [9.17, 15) is 22.8 Å². The predicted molar refractivity (Wildman–Crippen MR) is 113 cm³/mol. The van der Waals surface area contributed by atoms with Gasteiger partial charge in [-0.25, -0.2) is 0 Å². The van der Waals surface area contributed by atoms with Gasteiger partial charge in [-0.1, -0.05) is 6.08 Å². The lowest BCUT2D eigenvalue weighted by molar-refractivity contribution is -0.274. The van der Waals surface area contributed by atoms with Crippen LogP contribution in [-0.2, 0) is 16.1 Å². The molecule has 1 unspecified atom stereocenters. The van der Waals surface area contributed by atoms with E-state index in [-0.39, 0.29) is 22.8 Å². The van der Waals surface area contributed by atoms with Gasteiger partial charge in [0.05, 0.1) is 10.9 Å². The van der Waals surface area contributed by atoms with Crippen molar-refractivity contribution in [2.75, 3.05) is 6.54 Å². The molecule has 31 heavy (non-hydrogen) atoms. The molecule has 6 nitrogen and oxygen atoms in total. The van der Waals surface area contributed by atoms with E-state index >= 15 is 0 Å². The summed E-state index contributed by atoms with van der Waals surface area (Å²) in [6, 6.07) is 5.53. The number of carbonyl (C=O) groups is 2. The van der Waals surface area contributed by atoms with Gasteiger partial charge in [0.1, 0.15) is 5.75 Å². The molecule has 2 aromatic rings. The molecule has 1 atom stereocenters. The van der Waals surface area contributed by atoms with E-state index < -0.39 is 6.36 Å². The molecular weight excluding hydrogens is 451 g/mol. The van der Waals surface area contributed by atoms with Crippen LogP contribution in [0.3, 0.4) is 0 Å². The van der Waals surface area contributed by atoms with E-state index in [1.807, 2.05) is 21.4 Å². The number of rotatable bonds is 7. The molecule has 1 aliphatic rings. The van der Waals surface area contributed by atoms with Gasteiger partial charge in [0.15, 0.2) is 4.80 Å². The summed E-state index contributed by atoms with van der Waals surface area (Å²) in [5.41, 5.74) is 1.38. The number of thioether (sulfide) groups is 1. The Hall–Kier alpha value is -2.53. The summed E-state index contributed by atoms with van der Waals surface area (Å²) in [6.07, 6.45) is -1.60. The average Bonchev–Trinajstić information content (AvgIpc) is 3.35. The van der Waals surface area contributed by atoms with E-state index in [1.165, 1.54) is 54.3 Å². The summed E-state index contributed by atoms with van der Waals surface area (Å²) >= 11 is 2.71. The van der Waals surface area contributed by atoms with E-state index in [4.69, 9.17) is 0 Å². The molecule has 0 spiro atoms. The van der Waals surface area contributed by atoms with Gasteiger partial charge < -0.3 is 14.6 Å². The highest BCUT2D eigenvalue weighted by molar-refractivity contribution is 8.03. The molecule has 3 rings (SSSR count). The van der Waals surface area contributed by atoms with Crippen molar-refractivity contribution in [3.8, 4) is 17.0 Å². The first-order chi connectivity index (χ1) is 14.7. The molecule has 0 saturated heterocycles. The Balaban J connectivity index is 1.87. The van der Waals surface area contributed by atoms with Crippen LogP contribution in [0.5, 0.6) is 5.75 Å². The molecule has 2 amide bonds. The smallest absolute Gasteiger partial charge is 0.406 e. The molecule has 166 valence electrons.